The van der Waals surface area contributed by atoms with Crippen LogP contribution in [0.4, 0.5) is 0 Å². The van der Waals surface area contributed by atoms with E-state index in [0.29, 0.717) is 35.8 Å². The number of nitrogens with zero attached hydrogens (tertiary/aromatic N) is 3. The molecule has 0 aliphatic carbocycles. The van der Waals surface area contributed by atoms with Gasteiger partial charge in [0.15, 0.2) is 0 Å². The van der Waals surface area contributed by atoms with E-state index in [1.165, 1.54) is 7.11 Å². The number of benzene rings is 2. The molecule has 6 nitrogen and oxygen atoms in total. The lowest BCUT2D eigenvalue weighted by atomic mass is 9.97. The van der Waals surface area contributed by atoms with Gasteiger partial charge >= 0.3 is 0 Å². The Morgan fingerprint density at radius 1 is 1.09 bits per heavy atom. The van der Waals surface area contributed by atoms with Crippen molar-refractivity contribution in [3.05, 3.63) is 83.1 Å². The smallest absolute Gasteiger partial charge is 0.258 e. The zero-order valence-corrected chi connectivity index (χ0v) is 18.7. The molecule has 0 radical (unpaired) electrons. The Labute approximate surface area is 192 Å². The van der Waals surface area contributed by atoms with Crippen LogP contribution in [0.2, 0.25) is 5.02 Å². The van der Waals surface area contributed by atoms with Crippen molar-refractivity contribution < 1.29 is 14.3 Å². The van der Waals surface area contributed by atoms with Gasteiger partial charge in [-0.2, -0.15) is 0 Å². The number of rotatable bonds is 5. The molecule has 0 N–H and O–H groups in total. The van der Waals surface area contributed by atoms with E-state index in [-0.39, 0.29) is 11.8 Å². The summed E-state index contributed by atoms with van der Waals surface area (Å²) < 4.78 is 5.37. The van der Waals surface area contributed by atoms with E-state index in [1.807, 2.05) is 30.3 Å². The summed E-state index contributed by atoms with van der Waals surface area (Å²) in [6.45, 7) is 0.909. The fraction of sp³-hybridized carbons (Fsp3) is 0.240. The number of methoxy groups -OCH3 is 1. The zero-order chi connectivity index (χ0) is 22.7. The second-order valence-electron chi connectivity index (χ2n) is 7.76. The van der Waals surface area contributed by atoms with Crippen molar-refractivity contribution >= 4 is 23.4 Å². The largest absolute Gasteiger partial charge is 0.496 e. The summed E-state index contributed by atoms with van der Waals surface area (Å²) >= 11 is 6.14. The molecule has 2 heterocycles. The predicted molar refractivity (Wildman–Crippen MR) is 124 cm³/mol. The van der Waals surface area contributed by atoms with Crippen molar-refractivity contribution in [1.82, 2.24) is 14.8 Å². The molecular weight excluding hydrogens is 426 g/mol. The van der Waals surface area contributed by atoms with Gasteiger partial charge in [0.1, 0.15) is 11.8 Å². The second-order valence-corrected chi connectivity index (χ2v) is 8.20. The summed E-state index contributed by atoms with van der Waals surface area (Å²) in [5.41, 5.74) is 3.41. The number of carbonyl (C=O) groups excluding carboxylic acids is 2. The molecule has 0 saturated carbocycles. The highest BCUT2D eigenvalue weighted by atomic mass is 35.5. The van der Waals surface area contributed by atoms with Crippen molar-refractivity contribution in [3.8, 4) is 16.9 Å². The quantitative estimate of drug-likeness (QED) is 0.592. The SMILES string of the molecule is COc1ccc(Cl)cc1C(=O)N1CCN(C)C(=O)C1Cc1cccc(-c2ccncc2)c1. The van der Waals surface area contributed by atoms with Crippen LogP contribution >= 0.6 is 11.6 Å². The number of carbonyl (C=O) groups is 2. The van der Waals surface area contributed by atoms with Gasteiger partial charge in [-0.3, -0.25) is 14.6 Å². The third-order valence-electron chi connectivity index (χ3n) is 5.74. The molecule has 1 aliphatic rings. The molecule has 1 fully saturated rings. The number of amides is 2. The number of halogens is 1. The summed E-state index contributed by atoms with van der Waals surface area (Å²) in [5, 5.41) is 0.441. The van der Waals surface area contributed by atoms with Gasteiger partial charge in [0, 0.05) is 44.0 Å². The number of likely N-dealkylation sites (N-methyl/N-ethyl adjacent to an activating group) is 1. The summed E-state index contributed by atoms with van der Waals surface area (Å²) in [4.78, 5) is 34.0. The molecule has 0 spiro atoms. The normalized spacial score (nSPS) is 16.2. The lowest BCUT2D eigenvalue weighted by molar-refractivity contribution is -0.138. The molecule has 2 aromatic carbocycles. The molecule has 32 heavy (non-hydrogen) atoms. The van der Waals surface area contributed by atoms with Crippen LogP contribution in [0.1, 0.15) is 15.9 Å². The van der Waals surface area contributed by atoms with E-state index in [1.54, 1.807) is 47.4 Å². The van der Waals surface area contributed by atoms with Gasteiger partial charge < -0.3 is 14.5 Å². The average Bonchev–Trinajstić information content (AvgIpc) is 2.82. The number of hydrogen-bond donors (Lipinski definition) is 0. The first-order valence-electron chi connectivity index (χ1n) is 10.4. The van der Waals surface area contributed by atoms with Crippen molar-refractivity contribution in [2.24, 2.45) is 0 Å². The molecule has 1 aromatic heterocycles. The highest BCUT2D eigenvalue weighted by molar-refractivity contribution is 6.31. The molecule has 164 valence electrons. The zero-order valence-electron chi connectivity index (χ0n) is 18.0. The molecule has 2 amide bonds. The maximum Gasteiger partial charge on any atom is 0.258 e. The fourth-order valence-corrected chi connectivity index (χ4v) is 4.17. The van der Waals surface area contributed by atoms with Crippen molar-refractivity contribution in [2.45, 2.75) is 12.5 Å². The van der Waals surface area contributed by atoms with Crippen LogP contribution < -0.4 is 4.74 Å². The topological polar surface area (TPSA) is 62.7 Å². The predicted octanol–water partition coefficient (Wildman–Crippen LogP) is 3.94. The van der Waals surface area contributed by atoms with Gasteiger partial charge in [0.25, 0.3) is 5.91 Å². The number of pyridine rings is 1. The maximum atomic E-state index is 13.5. The van der Waals surface area contributed by atoms with E-state index < -0.39 is 6.04 Å². The Morgan fingerprint density at radius 2 is 1.88 bits per heavy atom. The lowest BCUT2D eigenvalue weighted by Crippen LogP contribution is -2.58. The molecule has 4 rings (SSSR count). The molecule has 1 unspecified atom stereocenters. The van der Waals surface area contributed by atoms with Crippen molar-refractivity contribution in [2.75, 3.05) is 27.2 Å². The number of hydrogen-bond acceptors (Lipinski definition) is 4. The standard InChI is InChI=1S/C25H24ClN3O3/c1-28-12-13-29(24(30)21-16-20(26)6-7-23(21)32-2)22(25(28)31)15-17-4-3-5-19(14-17)18-8-10-27-11-9-18/h3-11,14,16,22H,12-13,15H2,1-2H3. The fourth-order valence-electron chi connectivity index (χ4n) is 4.00. The van der Waals surface area contributed by atoms with Crippen LogP contribution in [-0.2, 0) is 11.2 Å². The van der Waals surface area contributed by atoms with Crippen LogP contribution in [0.25, 0.3) is 11.1 Å². The minimum atomic E-state index is -0.613. The Balaban J connectivity index is 1.66. The number of ether oxygens (including phenoxy) is 1. The van der Waals surface area contributed by atoms with Crippen LogP contribution in [0.15, 0.2) is 67.0 Å². The maximum absolute atomic E-state index is 13.5. The van der Waals surface area contributed by atoms with E-state index in [4.69, 9.17) is 16.3 Å². The first-order chi connectivity index (χ1) is 15.5. The molecule has 3 aromatic rings. The third-order valence-corrected chi connectivity index (χ3v) is 5.97. The van der Waals surface area contributed by atoms with Crippen molar-refractivity contribution in [3.63, 3.8) is 0 Å². The molecule has 1 saturated heterocycles. The molecule has 7 heteroatoms. The van der Waals surface area contributed by atoms with E-state index >= 15 is 0 Å². The summed E-state index contributed by atoms with van der Waals surface area (Å²) in [5.74, 6) is 0.0882. The highest BCUT2D eigenvalue weighted by Crippen LogP contribution is 2.27. The van der Waals surface area contributed by atoms with Crippen LogP contribution in [-0.4, -0.2) is 59.9 Å². The Bertz CT molecular complexity index is 1140. The number of piperazine rings is 1. The van der Waals surface area contributed by atoms with Gasteiger partial charge in [-0.05, 0) is 47.0 Å². The molecule has 1 aliphatic heterocycles. The Hall–Kier alpha value is -3.38. The summed E-state index contributed by atoms with van der Waals surface area (Å²) in [6.07, 6.45) is 3.91. The van der Waals surface area contributed by atoms with E-state index in [0.717, 1.165) is 16.7 Å². The molecular formula is C25H24ClN3O3. The van der Waals surface area contributed by atoms with Crippen LogP contribution in [0.3, 0.4) is 0 Å². The lowest BCUT2D eigenvalue weighted by Gasteiger charge is -2.39. The van der Waals surface area contributed by atoms with E-state index in [9.17, 15) is 9.59 Å². The summed E-state index contributed by atoms with van der Waals surface area (Å²) in [6, 6.07) is 16.2. The minimum absolute atomic E-state index is 0.0834. The molecule has 0 bridgehead atoms. The Kier molecular flexibility index (Phi) is 6.42. The van der Waals surface area contributed by atoms with E-state index in [2.05, 4.69) is 11.1 Å². The van der Waals surface area contributed by atoms with Gasteiger partial charge in [0.2, 0.25) is 5.91 Å². The van der Waals surface area contributed by atoms with Gasteiger partial charge in [0.05, 0.1) is 12.7 Å². The van der Waals surface area contributed by atoms with Gasteiger partial charge in [-0.1, -0.05) is 35.9 Å². The second kappa shape index (κ2) is 9.40. The van der Waals surface area contributed by atoms with Crippen molar-refractivity contribution in [1.29, 1.82) is 0 Å². The highest BCUT2D eigenvalue weighted by Gasteiger charge is 2.37. The molecule has 1 atom stereocenters. The van der Waals surface area contributed by atoms with Crippen LogP contribution in [0, 0.1) is 0 Å². The van der Waals surface area contributed by atoms with Gasteiger partial charge in [-0.25, -0.2) is 0 Å². The minimum Gasteiger partial charge on any atom is -0.496 e. The summed E-state index contributed by atoms with van der Waals surface area (Å²) in [7, 11) is 3.28. The first kappa shape index (κ1) is 21.8. The number of aromatic nitrogens is 1. The van der Waals surface area contributed by atoms with Gasteiger partial charge in [-0.15, -0.1) is 0 Å². The average molecular weight is 450 g/mol. The Morgan fingerprint density at radius 3 is 2.62 bits per heavy atom. The third kappa shape index (κ3) is 4.46. The monoisotopic (exact) mass is 449 g/mol. The van der Waals surface area contributed by atoms with Crippen LogP contribution in [0.5, 0.6) is 5.75 Å². The first-order valence-corrected chi connectivity index (χ1v) is 10.7.